The summed E-state index contributed by atoms with van der Waals surface area (Å²) in [6.07, 6.45) is 0.968. The maximum absolute atomic E-state index is 7.22. The Hall–Kier alpha value is -3.65. The summed E-state index contributed by atoms with van der Waals surface area (Å²) < 4.78 is 5.42. The molecule has 3 heterocycles. The van der Waals surface area contributed by atoms with Crippen molar-refractivity contribution in [3.63, 3.8) is 0 Å². The van der Waals surface area contributed by atoms with E-state index in [9.17, 15) is 0 Å². The van der Waals surface area contributed by atoms with Crippen molar-refractivity contribution < 1.29 is 4.52 Å². The van der Waals surface area contributed by atoms with E-state index in [0.717, 1.165) is 53.5 Å². The Morgan fingerprint density at radius 3 is 2.57 bits per heavy atom. The number of benzene rings is 2. The van der Waals surface area contributed by atoms with Crippen LogP contribution in [0.2, 0.25) is 0 Å². The Morgan fingerprint density at radius 1 is 1.07 bits per heavy atom. The number of allylic oxidation sites excluding steroid dienone is 1. The van der Waals surface area contributed by atoms with Crippen LogP contribution in [-0.4, -0.2) is 24.0 Å². The molecule has 2 aliphatic rings. The van der Waals surface area contributed by atoms with Crippen LogP contribution in [0.1, 0.15) is 30.4 Å². The molecule has 0 radical (unpaired) electrons. The van der Waals surface area contributed by atoms with Gasteiger partial charge in [-0.25, -0.2) is 4.85 Å². The molecule has 30 heavy (non-hydrogen) atoms. The van der Waals surface area contributed by atoms with Gasteiger partial charge in [0.25, 0.3) is 0 Å². The van der Waals surface area contributed by atoms with Gasteiger partial charge in [-0.1, -0.05) is 23.4 Å². The summed E-state index contributed by atoms with van der Waals surface area (Å²) in [5, 5.41) is 4.14. The van der Waals surface area contributed by atoms with Gasteiger partial charge in [0.2, 0.25) is 0 Å². The first-order valence-electron chi connectivity index (χ1n) is 10.1. The number of nitrogens with zero attached hydrogens (tertiary/aromatic N) is 4. The van der Waals surface area contributed by atoms with Crippen molar-refractivity contribution in [3.05, 3.63) is 76.5 Å². The molecule has 148 valence electrons. The van der Waals surface area contributed by atoms with Crippen LogP contribution in [0.25, 0.3) is 21.5 Å². The van der Waals surface area contributed by atoms with E-state index in [-0.39, 0.29) is 0 Å². The Kier molecular flexibility index (Phi) is 4.29. The highest BCUT2D eigenvalue weighted by Gasteiger charge is 2.28. The lowest BCUT2D eigenvalue weighted by atomic mass is 9.92. The van der Waals surface area contributed by atoms with Crippen LogP contribution in [0.3, 0.4) is 0 Å². The molecule has 0 atom stereocenters. The molecule has 5 nitrogen and oxygen atoms in total. The molecule has 1 aromatic heterocycles. The van der Waals surface area contributed by atoms with Gasteiger partial charge in [-0.05, 0) is 62.6 Å². The lowest BCUT2D eigenvalue weighted by Crippen LogP contribution is -2.19. The first kappa shape index (κ1) is 18.4. The van der Waals surface area contributed by atoms with Gasteiger partial charge in [-0.2, -0.15) is 0 Å². The molecule has 0 saturated heterocycles. The Balaban J connectivity index is 1.70. The van der Waals surface area contributed by atoms with E-state index in [1.807, 2.05) is 38.1 Å². The second-order valence-electron chi connectivity index (χ2n) is 7.84. The van der Waals surface area contributed by atoms with Gasteiger partial charge >= 0.3 is 0 Å². The third-order valence-corrected chi connectivity index (χ3v) is 6.03. The van der Waals surface area contributed by atoms with Crippen molar-refractivity contribution in [1.29, 1.82) is 0 Å². The fraction of sp³-hybridized carbons (Fsp3) is 0.240. The smallest absolute Gasteiger partial charge is 0.187 e. The number of hydrogen-bond donors (Lipinski definition) is 0. The van der Waals surface area contributed by atoms with E-state index in [4.69, 9.17) is 16.1 Å². The lowest BCUT2D eigenvalue weighted by molar-refractivity contribution is 0.393. The van der Waals surface area contributed by atoms with Crippen molar-refractivity contribution in [2.24, 2.45) is 4.99 Å². The minimum Gasteiger partial charge on any atom is -0.361 e. The summed E-state index contributed by atoms with van der Waals surface area (Å²) in [7, 11) is 0. The first-order chi connectivity index (χ1) is 14.6. The largest absolute Gasteiger partial charge is 0.361 e. The van der Waals surface area contributed by atoms with Gasteiger partial charge in [-0.15, -0.1) is 0 Å². The molecule has 5 rings (SSSR count). The van der Waals surface area contributed by atoms with Crippen LogP contribution in [0.15, 0.2) is 57.6 Å². The third kappa shape index (κ3) is 2.84. The second kappa shape index (κ2) is 7.00. The van der Waals surface area contributed by atoms with Crippen molar-refractivity contribution >= 4 is 28.3 Å². The summed E-state index contributed by atoms with van der Waals surface area (Å²) in [5.74, 6) is 0.832. The van der Waals surface area contributed by atoms with Gasteiger partial charge in [0, 0.05) is 40.3 Å². The Morgan fingerprint density at radius 2 is 1.87 bits per heavy atom. The van der Waals surface area contributed by atoms with E-state index in [0.29, 0.717) is 5.69 Å². The van der Waals surface area contributed by atoms with Crippen LogP contribution >= 0.6 is 0 Å². The quantitative estimate of drug-likeness (QED) is 0.481. The van der Waals surface area contributed by atoms with Crippen LogP contribution in [0, 0.1) is 20.4 Å². The predicted molar refractivity (Wildman–Crippen MR) is 121 cm³/mol. The maximum atomic E-state index is 7.22. The van der Waals surface area contributed by atoms with E-state index in [1.54, 1.807) is 0 Å². The Bertz CT molecular complexity index is 1240. The Labute approximate surface area is 176 Å². The number of aliphatic imine (C=N–C) groups is 1. The average Bonchev–Trinajstić information content (AvgIpc) is 3.24. The highest BCUT2D eigenvalue weighted by atomic mass is 16.5. The van der Waals surface area contributed by atoms with Crippen LogP contribution in [0.4, 0.5) is 17.1 Å². The van der Waals surface area contributed by atoms with Crippen molar-refractivity contribution in [2.75, 3.05) is 18.0 Å². The number of aromatic nitrogens is 1. The molecule has 0 spiro atoms. The normalized spacial score (nSPS) is 15.4. The molecule has 0 N–H and O–H groups in total. The van der Waals surface area contributed by atoms with Crippen LogP contribution in [-0.2, 0) is 0 Å². The number of anilines is 2. The summed E-state index contributed by atoms with van der Waals surface area (Å²) in [6, 6.07) is 14.5. The van der Waals surface area contributed by atoms with Gasteiger partial charge in [0.15, 0.2) is 5.69 Å². The maximum Gasteiger partial charge on any atom is 0.187 e. The molecule has 2 aromatic carbocycles. The zero-order valence-corrected chi connectivity index (χ0v) is 17.4. The molecular formula is C25H22N4O. The molecule has 5 heteroatoms. The van der Waals surface area contributed by atoms with E-state index in [2.05, 4.69) is 40.0 Å². The molecule has 0 aliphatic carbocycles. The minimum atomic E-state index is 0.658. The number of fused-ring (bicyclic) bond motifs is 2. The van der Waals surface area contributed by atoms with Gasteiger partial charge < -0.3 is 9.42 Å². The standard InChI is InChI=1S/C25H22N4O/c1-15-25-19(14-27-15)11-12-29(21-8-6-20(26-4)7-9-21)23-10-5-18(13-22(23)25)24-16(2)28-30-17(24)3/h5-10,13H,11-12,14H2,1-3H3. The zero-order valence-electron chi connectivity index (χ0n) is 17.4. The highest BCUT2D eigenvalue weighted by Crippen LogP contribution is 2.43. The minimum absolute atomic E-state index is 0.658. The fourth-order valence-electron chi connectivity index (χ4n) is 4.58. The topological polar surface area (TPSA) is 46.0 Å². The molecule has 0 saturated carbocycles. The van der Waals surface area contributed by atoms with Gasteiger partial charge in [-0.3, -0.25) is 4.99 Å². The molecule has 0 amide bonds. The molecule has 3 aromatic rings. The van der Waals surface area contributed by atoms with Crippen molar-refractivity contribution in [1.82, 2.24) is 5.16 Å². The predicted octanol–water partition coefficient (Wildman–Crippen LogP) is 6.28. The highest BCUT2D eigenvalue weighted by molar-refractivity contribution is 6.27. The second-order valence-corrected chi connectivity index (χ2v) is 7.84. The molecule has 0 fully saturated rings. The lowest BCUT2D eigenvalue weighted by Gasteiger charge is -2.26. The molecule has 0 bridgehead atoms. The first-order valence-corrected chi connectivity index (χ1v) is 10.1. The van der Waals surface area contributed by atoms with Crippen molar-refractivity contribution in [2.45, 2.75) is 27.2 Å². The zero-order chi connectivity index (χ0) is 20.8. The number of rotatable bonds is 2. The fourth-order valence-corrected chi connectivity index (χ4v) is 4.58. The molecule has 2 aliphatic heterocycles. The van der Waals surface area contributed by atoms with Gasteiger partial charge in [0.1, 0.15) is 5.76 Å². The van der Waals surface area contributed by atoms with E-state index >= 15 is 0 Å². The van der Waals surface area contributed by atoms with Crippen molar-refractivity contribution in [3.8, 4) is 11.1 Å². The van der Waals surface area contributed by atoms with Crippen LogP contribution in [0.5, 0.6) is 0 Å². The SMILES string of the molecule is [C-]#[N+]c1ccc(N2CCC3=C(C(C)=NC3)c3cc(-c4c(C)noc4C)ccc32)cc1. The van der Waals surface area contributed by atoms with Crippen LogP contribution < -0.4 is 4.90 Å². The number of hydrogen-bond acceptors (Lipinski definition) is 4. The van der Waals surface area contributed by atoms with Gasteiger partial charge in [0.05, 0.1) is 18.8 Å². The summed E-state index contributed by atoms with van der Waals surface area (Å²) in [5.41, 5.74) is 11.0. The van der Waals surface area contributed by atoms with E-state index < -0.39 is 0 Å². The number of aryl methyl sites for hydroxylation is 2. The molecule has 0 unspecified atom stereocenters. The summed E-state index contributed by atoms with van der Waals surface area (Å²) in [6.45, 7) is 14.9. The monoisotopic (exact) mass is 394 g/mol. The average molecular weight is 394 g/mol. The summed E-state index contributed by atoms with van der Waals surface area (Å²) >= 11 is 0. The molecular weight excluding hydrogens is 372 g/mol. The van der Waals surface area contributed by atoms with E-state index in [1.165, 1.54) is 22.4 Å². The summed E-state index contributed by atoms with van der Waals surface area (Å²) in [4.78, 5) is 10.6. The third-order valence-electron chi connectivity index (χ3n) is 6.03.